The lowest BCUT2D eigenvalue weighted by molar-refractivity contribution is -0.132. The number of carbonyl (C=O) groups excluding carboxylic acids is 1. The lowest BCUT2D eigenvalue weighted by Gasteiger charge is -2.34. The number of hydrogen-bond acceptors (Lipinski definition) is 1. The second kappa shape index (κ2) is 7.64. The van der Waals surface area contributed by atoms with Crippen LogP contribution in [0.3, 0.4) is 0 Å². The van der Waals surface area contributed by atoms with Crippen LogP contribution in [0.4, 0.5) is 0 Å². The van der Waals surface area contributed by atoms with E-state index < -0.39 is 0 Å². The lowest BCUT2D eigenvalue weighted by atomic mass is 9.68. The highest BCUT2D eigenvalue weighted by molar-refractivity contribution is 5.93. The van der Waals surface area contributed by atoms with E-state index in [1.807, 2.05) is 0 Å². The number of Topliss-reactive ketones (excluding diaryl/α,β-unsaturated/α-hetero) is 1. The Balaban J connectivity index is 1.55. The molecule has 0 bridgehead atoms. The molecule has 1 nitrogen and oxygen atoms in total. The first kappa shape index (κ1) is 16.7. The molecule has 0 N–H and O–H groups in total. The van der Waals surface area contributed by atoms with Crippen molar-refractivity contribution in [1.82, 2.24) is 0 Å². The third-order valence-electron chi connectivity index (χ3n) is 6.26. The molecule has 0 spiro atoms. The van der Waals surface area contributed by atoms with Gasteiger partial charge in [-0.15, -0.1) is 0 Å². The van der Waals surface area contributed by atoms with E-state index >= 15 is 0 Å². The first-order chi connectivity index (χ1) is 11.2. The highest BCUT2D eigenvalue weighted by atomic mass is 16.1. The molecule has 2 unspecified atom stereocenters. The zero-order valence-corrected chi connectivity index (χ0v) is 14.9. The van der Waals surface area contributed by atoms with Gasteiger partial charge in [-0.05, 0) is 61.5 Å². The number of rotatable bonds is 6. The Labute approximate surface area is 141 Å². The van der Waals surface area contributed by atoms with Crippen molar-refractivity contribution >= 4 is 5.78 Å². The number of carbonyl (C=O) groups is 1. The van der Waals surface area contributed by atoms with Gasteiger partial charge < -0.3 is 0 Å². The first-order valence-corrected chi connectivity index (χ1v) is 9.86. The van der Waals surface area contributed by atoms with Gasteiger partial charge in [-0.1, -0.05) is 57.4 Å². The minimum absolute atomic E-state index is 0.195. The monoisotopic (exact) mass is 312 g/mol. The smallest absolute Gasteiger partial charge is 0.143 e. The standard InChI is InChI=1S/C22H32O/c1-3-5-16-7-9-17(10-8-16)18-11-13-19(14-12-18)21-15-20(6-4-2)22(21)23/h11-14,16-17,20-21H,3-10,15H2,1-2H3. The summed E-state index contributed by atoms with van der Waals surface area (Å²) >= 11 is 0. The van der Waals surface area contributed by atoms with E-state index in [-0.39, 0.29) is 5.92 Å². The van der Waals surface area contributed by atoms with Crippen LogP contribution in [0.2, 0.25) is 0 Å². The van der Waals surface area contributed by atoms with E-state index in [1.165, 1.54) is 49.7 Å². The summed E-state index contributed by atoms with van der Waals surface area (Å²) in [4.78, 5) is 12.2. The molecule has 0 aliphatic heterocycles. The molecule has 0 amide bonds. The van der Waals surface area contributed by atoms with Crippen molar-refractivity contribution in [2.75, 3.05) is 0 Å². The van der Waals surface area contributed by atoms with Gasteiger partial charge in [0.1, 0.15) is 5.78 Å². The largest absolute Gasteiger partial charge is 0.299 e. The summed E-state index contributed by atoms with van der Waals surface area (Å²) in [6.45, 7) is 4.47. The summed E-state index contributed by atoms with van der Waals surface area (Å²) in [7, 11) is 0. The van der Waals surface area contributed by atoms with Gasteiger partial charge in [0.25, 0.3) is 0 Å². The molecule has 0 saturated heterocycles. The van der Waals surface area contributed by atoms with Crippen LogP contribution in [0, 0.1) is 11.8 Å². The SMILES string of the molecule is CCCC1CCC(c2ccc(C3CC(CCC)C3=O)cc2)CC1. The zero-order chi connectivity index (χ0) is 16.2. The van der Waals surface area contributed by atoms with Crippen molar-refractivity contribution in [2.45, 2.75) is 83.5 Å². The maximum absolute atomic E-state index is 12.2. The van der Waals surface area contributed by atoms with Gasteiger partial charge in [-0.25, -0.2) is 0 Å². The average molecular weight is 312 g/mol. The highest BCUT2D eigenvalue weighted by Gasteiger charge is 2.39. The van der Waals surface area contributed by atoms with Crippen molar-refractivity contribution in [2.24, 2.45) is 11.8 Å². The molecule has 2 aliphatic carbocycles. The van der Waals surface area contributed by atoms with Crippen molar-refractivity contribution in [1.29, 1.82) is 0 Å². The Morgan fingerprint density at radius 1 is 0.870 bits per heavy atom. The fourth-order valence-electron chi connectivity index (χ4n) is 4.74. The summed E-state index contributed by atoms with van der Waals surface area (Å²) in [6.07, 6.45) is 11.5. The maximum Gasteiger partial charge on any atom is 0.143 e. The molecule has 1 aromatic carbocycles. The molecule has 1 aromatic rings. The lowest BCUT2D eigenvalue weighted by Crippen LogP contribution is -2.35. The third-order valence-corrected chi connectivity index (χ3v) is 6.26. The van der Waals surface area contributed by atoms with Crippen molar-refractivity contribution < 1.29 is 4.79 Å². The minimum Gasteiger partial charge on any atom is -0.299 e. The summed E-state index contributed by atoms with van der Waals surface area (Å²) in [5.74, 6) is 2.75. The minimum atomic E-state index is 0.195. The van der Waals surface area contributed by atoms with E-state index in [9.17, 15) is 4.79 Å². The van der Waals surface area contributed by atoms with Gasteiger partial charge in [0.2, 0.25) is 0 Å². The van der Waals surface area contributed by atoms with Gasteiger partial charge in [-0.2, -0.15) is 0 Å². The van der Waals surface area contributed by atoms with Gasteiger partial charge in [-0.3, -0.25) is 4.79 Å². The highest BCUT2D eigenvalue weighted by Crippen LogP contribution is 2.42. The van der Waals surface area contributed by atoms with Crippen molar-refractivity contribution in [3.63, 3.8) is 0 Å². The van der Waals surface area contributed by atoms with E-state index in [4.69, 9.17) is 0 Å². The summed E-state index contributed by atoms with van der Waals surface area (Å²) in [5, 5.41) is 0. The molecular formula is C22H32O. The Morgan fingerprint density at radius 2 is 1.48 bits per heavy atom. The van der Waals surface area contributed by atoms with Crippen LogP contribution < -0.4 is 0 Å². The van der Waals surface area contributed by atoms with Crippen molar-refractivity contribution in [3.8, 4) is 0 Å². The molecule has 3 rings (SSSR count). The van der Waals surface area contributed by atoms with Gasteiger partial charge in [0, 0.05) is 11.8 Å². The molecule has 2 atom stereocenters. The second-order valence-corrected chi connectivity index (χ2v) is 7.85. The number of benzene rings is 1. The molecular weight excluding hydrogens is 280 g/mol. The number of ketones is 1. The Hall–Kier alpha value is -1.11. The third kappa shape index (κ3) is 3.70. The van der Waals surface area contributed by atoms with Crippen LogP contribution in [-0.4, -0.2) is 5.78 Å². The molecule has 126 valence electrons. The van der Waals surface area contributed by atoms with Crippen molar-refractivity contribution in [3.05, 3.63) is 35.4 Å². The van der Waals surface area contributed by atoms with Gasteiger partial charge in [0.15, 0.2) is 0 Å². The van der Waals surface area contributed by atoms with Crippen LogP contribution in [0.1, 0.15) is 94.6 Å². The van der Waals surface area contributed by atoms with Gasteiger partial charge in [0.05, 0.1) is 0 Å². The molecule has 2 fully saturated rings. The van der Waals surface area contributed by atoms with Crippen LogP contribution >= 0.6 is 0 Å². The van der Waals surface area contributed by atoms with E-state index in [1.54, 1.807) is 0 Å². The maximum atomic E-state index is 12.2. The number of hydrogen-bond donors (Lipinski definition) is 0. The summed E-state index contributed by atoms with van der Waals surface area (Å²) in [5.41, 5.74) is 2.76. The predicted molar refractivity (Wildman–Crippen MR) is 96.8 cm³/mol. The van der Waals surface area contributed by atoms with Crippen LogP contribution in [0.5, 0.6) is 0 Å². The Kier molecular flexibility index (Phi) is 5.56. The Morgan fingerprint density at radius 3 is 2.04 bits per heavy atom. The Bertz CT molecular complexity index is 507. The van der Waals surface area contributed by atoms with Crippen LogP contribution in [0.15, 0.2) is 24.3 Å². The molecule has 2 aliphatic rings. The summed E-state index contributed by atoms with van der Waals surface area (Å²) in [6, 6.07) is 9.08. The molecule has 0 aromatic heterocycles. The average Bonchev–Trinajstić information content (AvgIpc) is 2.59. The van der Waals surface area contributed by atoms with E-state index in [0.29, 0.717) is 11.7 Å². The fourth-order valence-corrected chi connectivity index (χ4v) is 4.74. The van der Waals surface area contributed by atoms with Crippen LogP contribution in [-0.2, 0) is 4.79 Å². The normalized spacial score (nSPS) is 31.0. The quantitative estimate of drug-likeness (QED) is 0.608. The molecule has 1 heteroatoms. The summed E-state index contributed by atoms with van der Waals surface area (Å²) < 4.78 is 0. The molecule has 0 radical (unpaired) electrons. The topological polar surface area (TPSA) is 17.1 Å². The molecule has 2 saturated carbocycles. The second-order valence-electron chi connectivity index (χ2n) is 7.85. The molecule has 0 heterocycles. The van der Waals surface area contributed by atoms with E-state index in [2.05, 4.69) is 38.1 Å². The van der Waals surface area contributed by atoms with Crippen LogP contribution in [0.25, 0.3) is 0 Å². The first-order valence-electron chi connectivity index (χ1n) is 9.86. The predicted octanol–water partition coefficient (Wildman–Crippen LogP) is 6.23. The zero-order valence-electron chi connectivity index (χ0n) is 14.9. The van der Waals surface area contributed by atoms with E-state index in [0.717, 1.165) is 31.1 Å². The fraction of sp³-hybridized carbons (Fsp3) is 0.682. The van der Waals surface area contributed by atoms with Gasteiger partial charge >= 0.3 is 0 Å². The molecule has 23 heavy (non-hydrogen) atoms.